The summed E-state index contributed by atoms with van der Waals surface area (Å²) in [5.41, 5.74) is 4.30. The molecule has 2 rings (SSSR count). The zero-order chi connectivity index (χ0) is 15.9. The van der Waals surface area contributed by atoms with Gasteiger partial charge in [0.05, 0.1) is 0 Å². The van der Waals surface area contributed by atoms with Crippen LogP contribution in [0.5, 0.6) is 0 Å². The molecule has 0 N–H and O–H groups in total. The Labute approximate surface area is 136 Å². The van der Waals surface area contributed by atoms with Gasteiger partial charge in [0.15, 0.2) is 0 Å². The average molecular weight is 301 g/mol. The summed E-state index contributed by atoms with van der Waals surface area (Å²) in [6.07, 6.45) is 2.23. The first-order valence-corrected chi connectivity index (χ1v) is 8.18. The Kier molecular flexibility index (Phi) is 7.04. The summed E-state index contributed by atoms with van der Waals surface area (Å²) in [4.78, 5) is 1.02. The van der Waals surface area contributed by atoms with Crippen molar-refractivity contribution in [2.24, 2.45) is 0 Å². The Bertz CT molecular complexity index is 515. The Balaban J connectivity index is 0.000000677. The van der Waals surface area contributed by atoms with Crippen LogP contribution in [0.1, 0.15) is 57.7 Å². The van der Waals surface area contributed by atoms with E-state index in [0.717, 1.165) is 11.3 Å². The maximum Gasteiger partial charge on any atom is 0.00401 e. The van der Waals surface area contributed by atoms with Crippen molar-refractivity contribution in [3.63, 3.8) is 0 Å². The highest BCUT2D eigenvalue weighted by atomic mass is 32.1. The van der Waals surface area contributed by atoms with Gasteiger partial charge in [-0.15, -0.1) is 12.6 Å². The van der Waals surface area contributed by atoms with E-state index in [1.807, 2.05) is 12.1 Å². The Morgan fingerprint density at radius 3 is 1.52 bits per heavy atom. The highest BCUT2D eigenvalue weighted by molar-refractivity contribution is 7.80. The van der Waals surface area contributed by atoms with Crippen LogP contribution >= 0.6 is 12.6 Å². The fourth-order valence-electron chi connectivity index (χ4n) is 1.97. The minimum atomic E-state index is 0.228. The third-order valence-corrected chi connectivity index (χ3v) is 3.46. The van der Waals surface area contributed by atoms with E-state index in [1.54, 1.807) is 0 Å². The maximum absolute atomic E-state index is 4.30. The third kappa shape index (κ3) is 6.39. The van der Waals surface area contributed by atoms with Crippen LogP contribution in [0.2, 0.25) is 0 Å². The Morgan fingerprint density at radius 1 is 0.762 bits per heavy atom. The molecule has 0 aliphatic carbocycles. The van der Waals surface area contributed by atoms with Gasteiger partial charge in [-0.05, 0) is 40.7 Å². The molecule has 2 aromatic rings. The van der Waals surface area contributed by atoms with Crippen LogP contribution in [0.15, 0.2) is 53.4 Å². The molecule has 0 atom stereocenters. The molecule has 21 heavy (non-hydrogen) atoms. The first-order chi connectivity index (χ1) is 9.86. The van der Waals surface area contributed by atoms with Gasteiger partial charge in [0, 0.05) is 4.90 Å². The molecule has 1 heteroatoms. The van der Waals surface area contributed by atoms with Gasteiger partial charge in [-0.2, -0.15) is 0 Å². The molecule has 0 heterocycles. The lowest BCUT2D eigenvalue weighted by Gasteiger charge is -2.19. The van der Waals surface area contributed by atoms with Crippen LogP contribution in [-0.4, -0.2) is 0 Å². The minimum absolute atomic E-state index is 0.228. The lowest BCUT2D eigenvalue weighted by molar-refractivity contribution is 0.590. The average Bonchev–Trinajstić information content (AvgIpc) is 2.42. The predicted molar refractivity (Wildman–Crippen MR) is 97.6 cm³/mol. The molecule has 0 spiro atoms. The van der Waals surface area contributed by atoms with E-state index in [-0.39, 0.29) is 5.41 Å². The van der Waals surface area contributed by atoms with Crippen molar-refractivity contribution >= 4 is 12.6 Å². The highest BCUT2D eigenvalue weighted by Crippen LogP contribution is 2.23. The number of hydrogen-bond donors (Lipinski definition) is 1. The van der Waals surface area contributed by atoms with Crippen molar-refractivity contribution in [3.05, 3.63) is 65.2 Å². The van der Waals surface area contributed by atoms with Gasteiger partial charge in [-0.25, -0.2) is 0 Å². The van der Waals surface area contributed by atoms with Crippen LogP contribution in [0, 0.1) is 0 Å². The Hall–Kier alpha value is -1.21. The first kappa shape index (κ1) is 17.8. The zero-order valence-electron chi connectivity index (χ0n) is 14.0. The summed E-state index contributed by atoms with van der Waals surface area (Å²) < 4.78 is 0. The number of rotatable bonds is 2. The van der Waals surface area contributed by atoms with Gasteiger partial charge in [0.2, 0.25) is 0 Å². The zero-order valence-corrected chi connectivity index (χ0v) is 14.9. The van der Waals surface area contributed by atoms with Gasteiger partial charge >= 0.3 is 0 Å². The third-order valence-electron chi connectivity index (χ3n) is 3.16. The van der Waals surface area contributed by atoms with E-state index in [4.69, 9.17) is 0 Å². The van der Waals surface area contributed by atoms with Crippen molar-refractivity contribution < 1.29 is 0 Å². The van der Waals surface area contributed by atoms with E-state index >= 15 is 0 Å². The van der Waals surface area contributed by atoms with Crippen LogP contribution in [0.4, 0.5) is 0 Å². The topological polar surface area (TPSA) is 0 Å². The lowest BCUT2D eigenvalue weighted by atomic mass is 9.86. The van der Waals surface area contributed by atoms with Crippen LogP contribution < -0.4 is 0 Å². The number of thiol groups is 1. The second-order valence-electron chi connectivity index (χ2n) is 6.50. The van der Waals surface area contributed by atoms with E-state index in [1.165, 1.54) is 23.1 Å². The van der Waals surface area contributed by atoms with Crippen molar-refractivity contribution in [1.29, 1.82) is 0 Å². The molecule has 114 valence electrons. The smallest absolute Gasteiger partial charge is 0.00401 e. The molecule has 0 fully saturated rings. The molecule has 0 aliphatic rings. The van der Waals surface area contributed by atoms with Crippen molar-refractivity contribution in [3.8, 4) is 0 Å². The molecular formula is C20H28S. The summed E-state index contributed by atoms with van der Waals surface area (Å²) in [7, 11) is 0. The number of benzene rings is 2. The van der Waals surface area contributed by atoms with E-state index in [0.29, 0.717) is 0 Å². The van der Waals surface area contributed by atoms with Gasteiger partial charge in [-0.3, -0.25) is 0 Å². The molecule has 0 nitrogen and oxygen atoms in total. The molecule has 0 saturated carbocycles. The summed E-state index contributed by atoms with van der Waals surface area (Å²) in [5.74, 6) is 0. The SMILES string of the molecule is CC(C)(C)c1ccc(Cc2ccc(S)cc2)cc1.CCC. The van der Waals surface area contributed by atoms with Gasteiger partial charge in [0.25, 0.3) is 0 Å². The fraction of sp³-hybridized carbons (Fsp3) is 0.400. The molecule has 0 aromatic heterocycles. The van der Waals surface area contributed by atoms with Crippen LogP contribution in [0.3, 0.4) is 0 Å². The van der Waals surface area contributed by atoms with Crippen molar-refractivity contribution in [2.45, 2.75) is 57.8 Å². The van der Waals surface area contributed by atoms with Crippen LogP contribution in [-0.2, 0) is 11.8 Å². The second kappa shape index (κ2) is 8.29. The molecule has 0 saturated heterocycles. The second-order valence-corrected chi connectivity index (χ2v) is 7.01. The monoisotopic (exact) mass is 300 g/mol. The molecule has 0 bridgehead atoms. The molecule has 0 radical (unpaired) electrons. The summed E-state index contributed by atoms with van der Waals surface area (Å²) in [6.45, 7) is 11.0. The van der Waals surface area contributed by atoms with Gasteiger partial charge < -0.3 is 0 Å². The number of hydrogen-bond acceptors (Lipinski definition) is 1. The molecule has 0 amide bonds. The summed E-state index contributed by atoms with van der Waals surface area (Å²) >= 11 is 4.30. The largest absolute Gasteiger partial charge is 0.143 e. The molecule has 0 aliphatic heterocycles. The lowest BCUT2D eigenvalue weighted by Crippen LogP contribution is -2.10. The highest BCUT2D eigenvalue weighted by Gasteiger charge is 2.12. The summed E-state index contributed by atoms with van der Waals surface area (Å²) in [6, 6.07) is 17.3. The van der Waals surface area contributed by atoms with E-state index in [2.05, 4.69) is 83.6 Å². The Morgan fingerprint density at radius 2 is 1.14 bits per heavy atom. The van der Waals surface area contributed by atoms with E-state index in [9.17, 15) is 0 Å². The maximum atomic E-state index is 4.30. The molecular weight excluding hydrogens is 272 g/mol. The standard InChI is InChI=1S/C17H20S.C3H8/c1-17(2,3)15-8-4-13(5-9-15)12-14-6-10-16(18)11-7-14;1-3-2/h4-11,18H,12H2,1-3H3;3H2,1-2H3. The fourth-order valence-corrected chi connectivity index (χ4v) is 2.12. The van der Waals surface area contributed by atoms with Crippen LogP contribution in [0.25, 0.3) is 0 Å². The van der Waals surface area contributed by atoms with Crippen molar-refractivity contribution in [2.75, 3.05) is 0 Å². The quantitative estimate of drug-likeness (QED) is 0.620. The van der Waals surface area contributed by atoms with Gasteiger partial charge in [-0.1, -0.05) is 77.4 Å². The van der Waals surface area contributed by atoms with Crippen molar-refractivity contribution in [1.82, 2.24) is 0 Å². The normalized spacial score (nSPS) is 10.8. The molecule has 2 aromatic carbocycles. The minimum Gasteiger partial charge on any atom is -0.143 e. The predicted octanol–water partition coefficient (Wildman–Crippen LogP) is 6.28. The first-order valence-electron chi connectivity index (χ1n) is 7.74. The van der Waals surface area contributed by atoms with Gasteiger partial charge in [0.1, 0.15) is 0 Å². The summed E-state index contributed by atoms with van der Waals surface area (Å²) in [5, 5.41) is 0. The molecule has 0 unspecified atom stereocenters. The van der Waals surface area contributed by atoms with E-state index < -0.39 is 0 Å².